The molecule has 1 heterocycles. The van der Waals surface area contributed by atoms with Crippen molar-refractivity contribution in [1.82, 2.24) is 0 Å². The molecule has 2 atom stereocenters. The van der Waals surface area contributed by atoms with E-state index in [-0.39, 0.29) is 0 Å². The summed E-state index contributed by atoms with van der Waals surface area (Å²) in [6, 6.07) is 1.80. The van der Waals surface area contributed by atoms with Crippen molar-refractivity contribution in [2.75, 3.05) is 14.1 Å². The second kappa shape index (κ2) is 5.53. The molecule has 0 aromatic heterocycles. The van der Waals surface area contributed by atoms with Gasteiger partial charge in [-0.05, 0) is 31.1 Å². The van der Waals surface area contributed by atoms with Crippen LogP contribution >= 0.6 is 0 Å². The Bertz CT molecular complexity index is 185. The Morgan fingerprint density at radius 3 is 1.56 bits per heavy atom. The first-order valence-electron chi connectivity index (χ1n) is 7.17. The normalized spacial score (nSPS) is 30.0. The van der Waals surface area contributed by atoms with Crippen LogP contribution in [0.4, 0.5) is 0 Å². The summed E-state index contributed by atoms with van der Waals surface area (Å²) in [5.41, 5.74) is 0. The monoisotopic (exact) mass is 226 g/mol. The molecular formula is C15H32N+. The van der Waals surface area contributed by atoms with Crippen molar-refractivity contribution >= 4 is 0 Å². The smallest absolute Gasteiger partial charge is 0.0890 e. The second-order valence-electron chi connectivity index (χ2n) is 7.13. The molecule has 1 fully saturated rings. The molecule has 0 bridgehead atoms. The van der Waals surface area contributed by atoms with E-state index in [4.69, 9.17) is 0 Å². The van der Waals surface area contributed by atoms with E-state index < -0.39 is 0 Å². The zero-order chi connectivity index (χ0) is 12.3. The van der Waals surface area contributed by atoms with E-state index in [1.807, 2.05) is 0 Å². The highest BCUT2D eigenvalue weighted by Gasteiger charge is 2.39. The molecule has 0 aromatic rings. The summed E-state index contributed by atoms with van der Waals surface area (Å²) < 4.78 is 1.27. The van der Waals surface area contributed by atoms with Crippen molar-refractivity contribution in [3.63, 3.8) is 0 Å². The van der Waals surface area contributed by atoms with Crippen LogP contribution in [0.1, 0.15) is 59.8 Å². The van der Waals surface area contributed by atoms with Gasteiger partial charge in [0.25, 0.3) is 0 Å². The minimum absolute atomic E-state index is 0.847. The molecule has 0 spiro atoms. The first-order chi connectivity index (χ1) is 7.34. The lowest BCUT2D eigenvalue weighted by Gasteiger charge is -2.49. The third-order valence-corrected chi connectivity index (χ3v) is 4.44. The van der Waals surface area contributed by atoms with Crippen LogP contribution in [-0.4, -0.2) is 30.7 Å². The molecule has 0 saturated carbocycles. The van der Waals surface area contributed by atoms with Gasteiger partial charge in [-0.25, -0.2) is 0 Å². The number of hydrogen-bond donors (Lipinski definition) is 0. The Hall–Kier alpha value is -0.0400. The van der Waals surface area contributed by atoms with Gasteiger partial charge in [-0.3, -0.25) is 0 Å². The molecule has 1 nitrogen and oxygen atoms in total. The van der Waals surface area contributed by atoms with Crippen LogP contribution in [0.25, 0.3) is 0 Å². The molecule has 96 valence electrons. The van der Waals surface area contributed by atoms with Crippen molar-refractivity contribution < 1.29 is 4.48 Å². The second-order valence-corrected chi connectivity index (χ2v) is 7.13. The molecule has 1 rings (SSSR count). The van der Waals surface area contributed by atoms with Gasteiger partial charge in [-0.15, -0.1) is 0 Å². The van der Waals surface area contributed by atoms with E-state index in [0.29, 0.717) is 0 Å². The minimum Gasteiger partial charge on any atom is -0.324 e. The standard InChI is InChI=1S/C15H32N/c1-12(2)10-14-8-7-9-15(11-13(3)4)16(14,5)6/h12-15H,7-11H2,1-6H3/q+1/t14-,15+. The average molecular weight is 226 g/mol. The van der Waals surface area contributed by atoms with Gasteiger partial charge in [0, 0.05) is 12.8 Å². The summed E-state index contributed by atoms with van der Waals surface area (Å²) in [6.45, 7) is 9.47. The Balaban J connectivity index is 2.66. The van der Waals surface area contributed by atoms with E-state index in [1.165, 1.54) is 36.6 Å². The van der Waals surface area contributed by atoms with E-state index in [1.54, 1.807) is 0 Å². The highest BCUT2D eigenvalue weighted by Crippen LogP contribution is 2.34. The van der Waals surface area contributed by atoms with Crippen molar-refractivity contribution in [2.24, 2.45) is 11.8 Å². The van der Waals surface area contributed by atoms with E-state index in [9.17, 15) is 0 Å². The van der Waals surface area contributed by atoms with Crippen molar-refractivity contribution in [3.8, 4) is 0 Å². The SMILES string of the molecule is CC(C)C[C@H]1CCC[C@@H](CC(C)C)[N+]1(C)C. The lowest BCUT2D eigenvalue weighted by Crippen LogP contribution is -2.58. The number of quaternary nitrogens is 1. The third kappa shape index (κ3) is 3.48. The van der Waals surface area contributed by atoms with Crippen molar-refractivity contribution in [2.45, 2.75) is 71.9 Å². The molecule has 0 amide bonds. The van der Waals surface area contributed by atoms with E-state index in [0.717, 1.165) is 23.9 Å². The van der Waals surface area contributed by atoms with Crippen LogP contribution in [0, 0.1) is 11.8 Å². The lowest BCUT2D eigenvalue weighted by atomic mass is 9.85. The average Bonchev–Trinajstić information content (AvgIpc) is 2.11. The van der Waals surface area contributed by atoms with E-state index in [2.05, 4.69) is 41.8 Å². The van der Waals surface area contributed by atoms with Crippen molar-refractivity contribution in [1.29, 1.82) is 0 Å². The summed E-state index contributed by atoms with van der Waals surface area (Å²) in [6.07, 6.45) is 7.15. The number of hydrogen-bond acceptors (Lipinski definition) is 0. The quantitative estimate of drug-likeness (QED) is 0.634. The molecular weight excluding hydrogens is 194 g/mol. The summed E-state index contributed by atoms with van der Waals surface area (Å²) >= 11 is 0. The van der Waals surface area contributed by atoms with Gasteiger partial charge < -0.3 is 4.48 Å². The fourth-order valence-corrected chi connectivity index (χ4v) is 3.42. The van der Waals surface area contributed by atoms with Crippen LogP contribution in [0.5, 0.6) is 0 Å². The zero-order valence-electron chi connectivity index (χ0n) is 12.3. The highest BCUT2D eigenvalue weighted by molar-refractivity contribution is 4.74. The number of likely N-dealkylation sites (tertiary alicyclic amines) is 1. The van der Waals surface area contributed by atoms with Gasteiger partial charge in [0.05, 0.1) is 26.2 Å². The summed E-state index contributed by atoms with van der Waals surface area (Å²) in [7, 11) is 4.94. The summed E-state index contributed by atoms with van der Waals surface area (Å²) in [5.74, 6) is 1.69. The van der Waals surface area contributed by atoms with Gasteiger partial charge in [0.2, 0.25) is 0 Å². The van der Waals surface area contributed by atoms with Crippen LogP contribution in [0.3, 0.4) is 0 Å². The molecule has 0 unspecified atom stereocenters. The number of piperidine rings is 1. The maximum absolute atomic E-state index is 2.47. The molecule has 1 heteroatoms. The van der Waals surface area contributed by atoms with Crippen molar-refractivity contribution in [3.05, 3.63) is 0 Å². The molecule has 1 saturated heterocycles. The highest BCUT2D eigenvalue weighted by atomic mass is 15.4. The Morgan fingerprint density at radius 1 is 0.875 bits per heavy atom. The largest absolute Gasteiger partial charge is 0.324 e. The molecule has 0 aliphatic carbocycles. The molecule has 0 radical (unpaired) electrons. The Morgan fingerprint density at radius 2 is 1.25 bits per heavy atom. The number of nitrogens with zero attached hydrogens (tertiary/aromatic N) is 1. The van der Waals surface area contributed by atoms with Crippen LogP contribution < -0.4 is 0 Å². The molecule has 1 aliphatic heterocycles. The van der Waals surface area contributed by atoms with Gasteiger partial charge in [0.15, 0.2) is 0 Å². The zero-order valence-corrected chi connectivity index (χ0v) is 12.3. The van der Waals surface area contributed by atoms with Crippen LogP contribution in [0.2, 0.25) is 0 Å². The third-order valence-electron chi connectivity index (χ3n) is 4.44. The Kier molecular flexibility index (Phi) is 4.85. The number of rotatable bonds is 4. The van der Waals surface area contributed by atoms with E-state index >= 15 is 0 Å². The fraction of sp³-hybridized carbons (Fsp3) is 1.00. The first kappa shape index (κ1) is 14.0. The van der Waals surface area contributed by atoms with Gasteiger partial charge in [-0.1, -0.05) is 27.7 Å². The maximum Gasteiger partial charge on any atom is 0.0890 e. The molecule has 0 aromatic carbocycles. The Labute approximate surface area is 103 Å². The van der Waals surface area contributed by atoms with Gasteiger partial charge in [-0.2, -0.15) is 0 Å². The fourth-order valence-electron chi connectivity index (χ4n) is 3.42. The van der Waals surface area contributed by atoms with Crippen LogP contribution in [-0.2, 0) is 0 Å². The summed E-state index contributed by atoms with van der Waals surface area (Å²) in [5, 5.41) is 0. The summed E-state index contributed by atoms with van der Waals surface area (Å²) in [4.78, 5) is 0. The van der Waals surface area contributed by atoms with Crippen LogP contribution in [0.15, 0.2) is 0 Å². The lowest BCUT2D eigenvalue weighted by molar-refractivity contribution is -0.945. The van der Waals surface area contributed by atoms with Gasteiger partial charge >= 0.3 is 0 Å². The predicted octanol–water partition coefficient (Wildman–Crippen LogP) is 4.08. The molecule has 1 aliphatic rings. The first-order valence-corrected chi connectivity index (χ1v) is 7.17. The molecule has 16 heavy (non-hydrogen) atoms. The minimum atomic E-state index is 0.847. The topological polar surface area (TPSA) is 0 Å². The molecule has 0 N–H and O–H groups in total. The maximum atomic E-state index is 2.47. The van der Waals surface area contributed by atoms with Gasteiger partial charge in [0.1, 0.15) is 0 Å². The predicted molar refractivity (Wildman–Crippen MR) is 72.4 cm³/mol.